The first-order valence-corrected chi connectivity index (χ1v) is 11.3. The van der Waals surface area contributed by atoms with Crippen molar-refractivity contribution in [2.24, 2.45) is 11.1 Å². The average molecular weight is 494 g/mol. The highest BCUT2D eigenvalue weighted by molar-refractivity contribution is 9.10. The molecule has 11 heteroatoms. The van der Waals surface area contributed by atoms with Crippen molar-refractivity contribution in [3.05, 3.63) is 45.4 Å². The van der Waals surface area contributed by atoms with Gasteiger partial charge in [0, 0.05) is 37.1 Å². The summed E-state index contributed by atoms with van der Waals surface area (Å²) in [5, 5.41) is 11.0. The zero-order chi connectivity index (χ0) is 20.7. The third kappa shape index (κ3) is 7.17. The molecule has 8 nitrogen and oxygen atoms in total. The average Bonchev–Trinajstić information content (AvgIpc) is 2.56. The summed E-state index contributed by atoms with van der Waals surface area (Å²) in [6.45, 7) is 0.873. The van der Waals surface area contributed by atoms with Crippen LogP contribution in [0.3, 0.4) is 0 Å². The van der Waals surface area contributed by atoms with Crippen molar-refractivity contribution in [2.45, 2.75) is 12.8 Å². The van der Waals surface area contributed by atoms with E-state index in [0.717, 1.165) is 14.3 Å². The van der Waals surface area contributed by atoms with Crippen LogP contribution in [0, 0.1) is 5.92 Å². The summed E-state index contributed by atoms with van der Waals surface area (Å²) >= 11 is 9.34. The van der Waals surface area contributed by atoms with Crippen LogP contribution in [0.4, 0.5) is 0 Å². The maximum absolute atomic E-state index is 11.8. The number of benzene rings is 1. The van der Waals surface area contributed by atoms with E-state index in [0.29, 0.717) is 31.0 Å². The third-order valence-corrected chi connectivity index (χ3v) is 6.43. The van der Waals surface area contributed by atoms with Crippen molar-refractivity contribution < 1.29 is 18.0 Å². The second-order valence-electron chi connectivity index (χ2n) is 6.33. The van der Waals surface area contributed by atoms with Crippen LogP contribution in [0.1, 0.15) is 12.0 Å². The van der Waals surface area contributed by atoms with E-state index in [1.807, 2.05) is 18.2 Å². The van der Waals surface area contributed by atoms with Gasteiger partial charge in [-0.25, -0.2) is 5.14 Å². The predicted octanol–water partition coefficient (Wildman–Crippen LogP) is 0.959. The van der Waals surface area contributed by atoms with E-state index in [2.05, 4.69) is 26.6 Å². The monoisotopic (exact) mass is 492 g/mol. The highest BCUT2D eigenvalue weighted by atomic mass is 79.9. The lowest BCUT2D eigenvalue weighted by Crippen LogP contribution is -2.57. The van der Waals surface area contributed by atoms with Gasteiger partial charge in [0.2, 0.25) is 11.8 Å². The molecule has 1 aromatic rings. The highest BCUT2D eigenvalue weighted by Gasteiger charge is 2.37. The molecule has 0 saturated carbocycles. The minimum Gasteiger partial charge on any atom is -0.353 e. The van der Waals surface area contributed by atoms with Gasteiger partial charge in [-0.3, -0.25) is 9.59 Å². The number of hydrogen-bond donors (Lipinski definition) is 3. The fraction of sp³-hybridized carbons (Fsp3) is 0.412. The minimum atomic E-state index is -3.71. The minimum absolute atomic E-state index is 0.0784. The van der Waals surface area contributed by atoms with Crippen LogP contribution in [0.25, 0.3) is 0 Å². The molecule has 0 bridgehead atoms. The normalized spacial score (nSPS) is 15.4. The van der Waals surface area contributed by atoms with Crippen LogP contribution in [-0.4, -0.2) is 50.7 Å². The first kappa shape index (κ1) is 22.8. The van der Waals surface area contributed by atoms with E-state index in [1.165, 1.54) is 0 Å². The molecule has 0 spiro atoms. The number of nitrogens with one attached hydrogen (secondary N) is 2. The van der Waals surface area contributed by atoms with Gasteiger partial charge in [-0.05, 0) is 40.0 Å². The maximum Gasteiger partial charge on any atom is 0.276 e. The SMILES string of the molecule is NS(=O)(=O)N1CC(C(=O)NC/C=C\CNC(=O)CCc2ccc(Br)c(Cl)c2)C1. The molecule has 1 fully saturated rings. The van der Waals surface area contributed by atoms with Gasteiger partial charge < -0.3 is 10.6 Å². The molecule has 0 radical (unpaired) electrons. The summed E-state index contributed by atoms with van der Waals surface area (Å²) < 4.78 is 24.0. The second-order valence-corrected chi connectivity index (χ2v) is 9.14. The quantitative estimate of drug-likeness (QED) is 0.444. The molecule has 0 unspecified atom stereocenters. The molecule has 1 aliphatic rings. The lowest BCUT2D eigenvalue weighted by Gasteiger charge is -2.35. The highest BCUT2D eigenvalue weighted by Crippen LogP contribution is 2.23. The Bertz CT molecular complexity index is 857. The van der Waals surface area contributed by atoms with Gasteiger partial charge in [0.25, 0.3) is 10.2 Å². The van der Waals surface area contributed by atoms with E-state index < -0.39 is 10.2 Å². The number of carbonyl (C=O) groups excluding carboxylic acids is 2. The van der Waals surface area contributed by atoms with Crippen molar-refractivity contribution in [3.8, 4) is 0 Å². The molecule has 1 aliphatic heterocycles. The summed E-state index contributed by atoms with van der Waals surface area (Å²) in [5.74, 6) is -0.675. The number of nitrogens with two attached hydrogens (primary N) is 1. The molecule has 154 valence electrons. The van der Waals surface area contributed by atoms with Crippen molar-refractivity contribution in [3.63, 3.8) is 0 Å². The Morgan fingerprint density at radius 3 is 2.50 bits per heavy atom. The standard InChI is InChI=1S/C17H22BrClN4O4S/c18-14-5-3-12(9-15(14)19)4-6-16(24)21-7-1-2-8-22-17(25)13-10-23(11-13)28(20,26)27/h1-3,5,9,13H,4,6-8,10-11H2,(H,21,24)(H,22,25)(H2,20,26,27)/b2-1-. The topological polar surface area (TPSA) is 122 Å². The fourth-order valence-electron chi connectivity index (χ4n) is 2.50. The predicted molar refractivity (Wildman–Crippen MR) is 111 cm³/mol. The number of amides is 2. The molecule has 1 aromatic carbocycles. The molecule has 0 aromatic heterocycles. The molecular weight excluding hydrogens is 472 g/mol. The van der Waals surface area contributed by atoms with Crippen LogP contribution in [-0.2, 0) is 26.2 Å². The van der Waals surface area contributed by atoms with E-state index in [9.17, 15) is 18.0 Å². The van der Waals surface area contributed by atoms with Crippen LogP contribution in [0.2, 0.25) is 5.02 Å². The Labute approximate surface area is 177 Å². The largest absolute Gasteiger partial charge is 0.353 e. The van der Waals surface area contributed by atoms with Crippen LogP contribution in [0.15, 0.2) is 34.8 Å². The Morgan fingerprint density at radius 1 is 1.25 bits per heavy atom. The van der Waals surface area contributed by atoms with Crippen molar-refractivity contribution in [1.82, 2.24) is 14.9 Å². The lowest BCUT2D eigenvalue weighted by atomic mass is 10.0. The number of aryl methyl sites for hydroxylation is 1. The molecule has 4 N–H and O–H groups in total. The van der Waals surface area contributed by atoms with Crippen LogP contribution in [0.5, 0.6) is 0 Å². The van der Waals surface area contributed by atoms with E-state index in [4.69, 9.17) is 16.7 Å². The summed E-state index contributed by atoms with van der Waals surface area (Å²) in [5.41, 5.74) is 0.985. The van der Waals surface area contributed by atoms with Gasteiger partial charge in [0.1, 0.15) is 0 Å². The van der Waals surface area contributed by atoms with E-state index in [-0.39, 0.29) is 30.8 Å². The van der Waals surface area contributed by atoms with Crippen LogP contribution >= 0.6 is 27.5 Å². The maximum atomic E-state index is 11.8. The van der Waals surface area contributed by atoms with Gasteiger partial charge in [-0.2, -0.15) is 12.7 Å². The van der Waals surface area contributed by atoms with Gasteiger partial charge >= 0.3 is 0 Å². The molecule has 2 rings (SSSR count). The van der Waals surface area contributed by atoms with Crippen molar-refractivity contribution in [1.29, 1.82) is 0 Å². The van der Waals surface area contributed by atoms with Crippen LogP contribution < -0.4 is 15.8 Å². The first-order chi connectivity index (χ1) is 13.2. The zero-order valence-electron chi connectivity index (χ0n) is 15.0. The second kappa shape index (κ2) is 10.4. The lowest BCUT2D eigenvalue weighted by molar-refractivity contribution is -0.128. The number of hydrogen-bond acceptors (Lipinski definition) is 4. The fourth-order valence-corrected chi connectivity index (χ4v) is 3.72. The zero-order valence-corrected chi connectivity index (χ0v) is 18.2. The molecular formula is C17H22BrClN4O4S. The van der Waals surface area contributed by atoms with E-state index >= 15 is 0 Å². The van der Waals surface area contributed by atoms with Crippen molar-refractivity contribution in [2.75, 3.05) is 26.2 Å². The Kier molecular flexibility index (Phi) is 8.44. The molecule has 28 heavy (non-hydrogen) atoms. The van der Waals surface area contributed by atoms with Gasteiger partial charge in [-0.15, -0.1) is 0 Å². The summed E-state index contributed by atoms with van der Waals surface area (Å²) in [6, 6.07) is 5.59. The Hall–Kier alpha value is -1.46. The van der Waals surface area contributed by atoms with Crippen molar-refractivity contribution >= 4 is 49.6 Å². The molecule has 1 saturated heterocycles. The Morgan fingerprint density at radius 2 is 1.89 bits per heavy atom. The van der Waals surface area contributed by atoms with E-state index in [1.54, 1.807) is 12.2 Å². The summed E-state index contributed by atoms with van der Waals surface area (Å²) in [7, 11) is -3.71. The van der Waals surface area contributed by atoms with Gasteiger partial charge in [0.05, 0.1) is 10.9 Å². The number of rotatable bonds is 9. The number of halogens is 2. The Balaban J connectivity index is 1.56. The summed E-state index contributed by atoms with van der Waals surface area (Å²) in [6.07, 6.45) is 4.41. The number of carbonyl (C=O) groups is 2. The number of nitrogens with zero attached hydrogens (tertiary/aromatic N) is 1. The molecule has 0 aliphatic carbocycles. The summed E-state index contributed by atoms with van der Waals surface area (Å²) in [4.78, 5) is 23.7. The van der Waals surface area contributed by atoms with Gasteiger partial charge in [0.15, 0.2) is 0 Å². The molecule has 1 heterocycles. The smallest absolute Gasteiger partial charge is 0.276 e. The van der Waals surface area contributed by atoms with Gasteiger partial charge in [-0.1, -0.05) is 29.8 Å². The third-order valence-electron chi connectivity index (χ3n) is 4.18. The molecule has 0 atom stereocenters. The molecule has 2 amide bonds. The first-order valence-electron chi connectivity index (χ1n) is 8.58.